The van der Waals surface area contributed by atoms with Crippen LogP contribution in [0.1, 0.15) is 39.0 Å². The summed E-state index contributed by atoms with van der Waals surface area (Å²) < 4.78 is 5.46. The third kappa shape index (κ3) is 3.67. The highest BCUT2D eigenvalue weighted by atomic mass is 16.5. The number of nitrogens with one attached hydrogen (secondary N) is 1. The van der Waals surface area contributed by atoms with Crippen LogP contribution in [0.4, 0.5) is 0 Å². The zero-order valence-electron chi connectivity index (χ0n) is 11.5. The fraction of sp³-hybridized carbons (Fsp3) is 1.00. The lowest BCUT2D eigenvalue weighted by Crippen LogP contribution is -2.37. The third-order valence-corrected chi connectivity index (χ3v) is 4.51. The molecule has 0 aromatic heterocycles. The molecule has 1 saturated heterocycles. The van der Waals surface area contributed by atoms with E-state index in [1.807, 2.05) is 0 Å². The maximum absolute atomic E-state index is 5.46. The second-order valence-corrected chi connectivity index (χ2v) is 5.64. The van der Waals surface area contributed by atoms with Crippen molar-refractivity contribution < 1.29 is 4.74 Å². The molecule has 0 radical (unpaired) electrons. The molecule has 0 bridgehead atoms. The van der Waals surface area contributed by atoms with E-state index in [2.05, 4.69) is 24.2 Å². The largest absolute Gasteiger partial charge is 0.380 e. The molecule has 0 aromatic rings. The van der Waals surface area contributed by atoms with Crippen molar-refractivity contribution in [3.63, 3.8) is 0 Å². The van der Waals surface area contributed by atoms with E-state index < -0.39 is 0 Å². The highest BCUT2D eigenvalue weighted by Gasteiger charge is 2.27. The smallest absolute Gasteiger partial charge is 0.0622 e. The van der Waals surface area contributed by atoms with Crippen molar-refractivity contribution in [1.82, 2.24) is 10.2 Å². The summed E-state index contributed by atoms with van der Waals surface area (Å²) >= 11 is 0. The summed E-state index contributed by atoms with van der Waals surface area (Å²) in [7, 11) is 2.26. The van der Waals surface area contributed by atoms with Gasteiger partial charge in [-0.25, -0.2) is 0 Å². The van der Waals surface area contributed by atoms with E-state index in [-0.39, 0.29) is 0 Å². The van der Waals surface area contributed by atoms with Crippen molar-refractivity contribution in [2.75, 3.05) is 33.4 Å². The van der Waals surface area contributed by atoms with Crippen LogP contribution < -0.4 is 5.32 Å². The Morgan fingerprint density at radius 3 is 2.88 bits per heavy atom. The normalized spacial score (nSPS) is 33.7. The minimum atomic E-state index is 0.675. The number of ether oxygens (including phenoxy) is 1. The van der Waals surface area contributed by atoms with Gasteiger partial charge in [-0.3, -0.25) is 0 Å². The number of likely N-dealkylation sites (N-methyl/N-ethyl adjacent to an activating group) is 1. The first-order chi connectivity index (χ1) is 8.31. The first-order valence-corrected chi connectivity index (χ1v) is 7.32. The van der Waals surface area contributed by atoms with Gasteiger partial charge in [-0.1, -0.05) is 13.3 Å². The Balaban J connectivity index is 1.69. The van der Waals surface area contributed by atoms with E-state index in [0.29, 0.717) is 6.04 Å². The fourth-order valence-corrected chi connectivity index (χ4v) is 3.34. The van der Waals surface area contributed by atoms with Gasteiger partial charge in [0, 0.05) is 18.7 Å². The van der Waals surface area contributed by atoms with E-state index >= 15 is 0 Å². The molecule has 0 aromatic carbocycles. The molecule has 1 aliphatic carbocycles. The Kier molecular flexibility index (Phi) is 5.26. The molecule has 1 N–H and O–H groups in total. The first-order valence-electron chi connectivity index (χ1n) is 7.32. The topological polar surface area (TPSA) is 24.5 Å². The molecule has 2 rings (SSSR count). The Hall–Kier alpha value is -0.120. The summed E-state index contributed by atoms with van der Waals surface area (Å²) in [4.78, 5) is 2.51. The van der Waals surface area contributed by atoms with Gasteiger partial charge in [-0.05, 0) is 51.7 Å². The second kappa shape index (κ2) is 6.72. The fourth-order valence-electron chi connectivity index (χ4n) is 3.34. The zero-order valence-corrected chi connectivity index (χ0v) is 11.5. The maximum Gasteiger partial charge on any atom is 0.0622 e. The van der Waals surface area contributed by atoms with Crippen molar-refractivity contribution in [3.05, 3.63) is 0 Å². The Bertz CT molecular complexity index is 216. The lowest BCUT2D eigenvalue weighted by Gasteiger charge is -2.26. The lowest BCUT2D eigenvalue weighted by molar-refractivity contribution is 0.154. The highest BCUT2D eigenvalue weighted by molar-refractivity contribution is 4.84. The summed E-state index contributed by atoms with van der Waals surface area (Å²) in [6, 6.07) is 1.46. The van der Waals surface area contributed by atoms with Crippen molar-refractivity contribution >= 4 is 0 Å². The van der Waals surface area contributed by atoms with Gasteiger partial charge in [0.05, 0.1) is 6.61 Å². The van der Waals surface area contributed by atoms with Gasteiger partial charge in [0.1, 0.15) is 0 Å². The van der Waals surface area contributed by atoms with Crippen LogP contribution in [-0.4, -0.2) is 50.3 Å². The van der Waals surface area contributed by atoms with Gasteiger partial charge >= 0.3 is 0 Å². The zero-order chi connectivity index (χ0) is 12.1. The predicted octanol–water partition coefficient (Wildman–Crippen LogP) is 1.88. The van der Waals surface area contributed by atoms with E-state index in [1.165, 1.54) is 38.6 Å². The van der Waals surface area contributed by atoms with Crippen LogP contribution in [0, 0.1) is 5.92 Å². The van der Waals surface area contributed by atoms with Gasteiger partial charge < -0.3 is 15.0 Å². The van der Waals surface area contributed by atoms with Crippen LogP contribution in [-0.2, 0) is 4.74 Å². The average molecular weight is 240 g/mol. The van der Waals surface area contributed by atoms with Crippen molar-refractivity contribution in [2.24, 2.45) is 5.92 Å². The molecule has 1 heterocycles. The summed E-state index contributed by atoms with van der Waals surface area (Å²) in [5, 5.41) is 3.64. The van der Waals surface area contributed by atoms with E-state index in [4.69, 9.17) is 4.74 Å². The molecule has 17 heavy (non-hydrogen) atoms. The lowest BCUT2D eigenvalue weighted by atomic mass is 9.99. The van der Waals surface area contributed by atoms with Crippen molar-refractivity contribution in [3.8, 4) is 0 Å². The molecule has 0 spiro atoms. The molecule has 1 aliphatic heterocycles. The summed E-state index contributed by atoms with van der Waals surface area (Å²) in [5.41, 5.74) is 0. The van der Waals surface area contributed by atoms with E-state index in [9.17, 15) is 0 Å². The average Bonchev–Trinajstić information content (AvgIpc) is 2.97. The molecule has 0 amide bonds. The van der Waals surface area contributed by atoms with Crippen LogP contribution in [0.3, 0.4) is 0 Å². The maximum atomic E-state index is 5.46. The Morgan fingerprint density at radius 2 is 2.18 bits per heavy atom. The minimum absolute atomic E-state index is 0.675. The molecule has 2 aliphatic rings. The quantitative estimate of drug-likeness (QED) is 0.767. The standard InChI is InChI=1S/C14H28N2O/c1-3-15-14-6-4-5-12(14)7-9-16(2)13-8-10-17-11-13/h12-15H,3-11H2,1-2H3. The molecule has 1 saturated carbocycles. The molecular formula is C14H28N2O. The molecule has 3 heteroatoms. The first kappa shape index (κ1) is 13.3. The third-order valence-electron chi connectivity index (χ3n) is 4.51. The number of nitrogens with zero attached hydrogens (tertiary/aromatic N) is 1. The van der Waals surface area contributed by atoms with Gasteiger partial charge in [0.2, 0.25) is 0 Å². The van der Waals surface area contributed by atoms with Gasteiger partial charge in [-0.15, -0.1) is 0 Å². The van der Waals surface area contributed by atoms with Crippen LogP contribution in [0.25, 0.3) is 0 Å². The SMILES string of the molecule is CCNC1CCCC1CCN(C)C1CCOC1. The number of rotatable bonds is 6. The van der Waals surface area contributed by atoms with Crippen molar-refractivity contribution in [1.29, 1.82) is 0 Å². The molecule has 3 unspecified atom stereocenters. The van der Waals surface area contributed by atoms with Crippen LogP contribution >= 0.6 is 0 Å². The van der Waals surface area contributed by atoms with Crippen LogP contribution in [0.2, 0.25) is 0 Å². The van der Waals surface area contributed by atoms with Gasteiger partial charge in [0.25, 0.3) is 0 Å². The summed E-state index contributed by atoms with van der Waals surface area (Å²) in [5.74, 6) is 0.903. The molecule has 100 valence electrons. The van der Waals surface area contributed by atoms with Gasteiger partial charge in [0.15, 0.2) is 0 Å². The molecule has 2 fully saturated rings. The monoisotopic (exact) mass is 240 g/mol. The van der Waals surface area contributed by atoms with E-state index in [0.717, 1.165) is 31.7 Å². The Morgan fingerprint density at radius 1 is 1.29 bits per heavy atom. The molecule has 3 nitrogen and oxygen atoms in total. The predicted molar refractivity (Wildman–Crippen MR) is 71.3 cm³/mol. The number of hydrogen-bond donors (Lipinski definition) is 1. The minimum Gasteiger partial charge on any atom is -0.380 e. The van der Waals surface area contributed by atoms with Crippen LogP contribution in [0.15, 0.2) is 0 Å². The molecular weight excluding hydrogens is 212 g/mol. The second-order valence-electron chi connectivity index (χ2n) is 5.64. The highest BCUT2D eigenvalue weighted by Crippen LogP contribution is 2.28. The molecule has 3 atom stereocenters. The van der Waals surface area contributed by atoms with E-state index in [1.54, 1.807) is 0 Å². The van der Waals surface area contributed by atoms with Crippen molar-refractivity contribution in [2.45, 2.75) is 51.1 Å². The Labute approximate surface area is 106 Å². The van der Waals surface area contributed by atoms with Crippen LogP contribution in [0.5, 0.6) is 0 Å². The summed E-state index contributed by atoms with van der Waals surface area (Å²) in [6.07, 6.45) is 6.79. The summed E-state index contributed by atoms with van der Waals surface area (Å²) in [6.45, 7) is 6.47. The number of hydrogen-bond acceptors (Lipinski definition) is 3. The van der Waals surface area contributed by atoms with Gasteiger partial charge in [-0.2, -0.15) is 0 Å².